The second-order valence-corrected chi connectivity index (χ2v) is 9.53. The van der Waals surface area contributed by atoms with Crippen LogP contribution in [0.2, 0.25) is 0 Å². The number of halogens is 1. The van der Waals surface area contributed by atoms with Gasteiger partial charge in [0.25, 0.3) is 0 Å². The van der Waals surface area contributed by atoms with E-state index >= 15 is 0 Å². The van der Waals surface area contributed by atoms with Crippen LogP contribution < -0.4 is 0 Å². The van der Waals surface area contributed by atoms with E-state index in [0.29, 0.717) is 46.1 Å². The van der Waals surface area contributed by atoms with Crippen LogP contribution in [0.5, 0.6) is 0 Å². The van der Waals surface area contributed by atoms with Crippen LogP contribution >= 0.6 is 22.6 Å². The van der Waals surface area contributed by atoms with Crippen LogP contribution in [-0.4, -0.2) is 56.6 Å². The molecule has 0 spiro atoms. The van der Waals surface area contributed by atoms with Crippen LogP contribution in [0, 0.1) is 0 Å². The molecule has 0 aliphatic heterocycles. The van der Waals surface area contributed by atoms with E-state index in [0.717, 1.165) is 23.9 Å². The molecule has 0 bridgehead atoms. The number of alkyl halides is 1. The van der Waals surface area contributed by atoms with Gasteiger partial charge in [0, 0.05) is 10.8 Å². The van der Waals surface area contributed by atoms with Crippen molar-refractivity contribution in [2.75, 3.05) is 50.7 Å². The van der Waals surface area contributed by atoms with E-state index in [1.807, 2.05) is 0 Å². The Kier molecular flexibility index (Phi) is 29.2. The summed E-state index contributed by atoms with van der Waals surface area (Å²) in [5, 5.41) is 0. The molecular formula is C26H51IO5. The maximum Gasteiger partial charge on any atom is 0.305 e. The Bertz CT molecular complexity index is 368. The Morgan fingerprint density at radius 2 is 0.906 bits per heavy atom. The van der Waals surface area contributed by atoms with Gasteiger partial charge in [-0.05, 0) is 6.42 Å². The molecule has 0 aromatic carbocycles. The van der Waals surface area contributed by atoms with Crippen LogP contribution in [0.3, 0.4) is 0 Å². The number of unbranched alkanes of at least 4 members (excludes halogenated alkanes) is 14. The minimum Gasteiger partial charge on any atom is -0.463 e. The van der Waals surface area contributed by atoms with Crippen molar-refractivity contribution in [1.82, 2.24) is 0 Å². The summed E-state index contributed by atoms with van der Waals surface area (Å²) in [6, 6.07) is 0. The summed E-state index contributed by atoms with van der Waals surface area (Å²) in [6.07, 6.45) is 20.5. The van der Waals surface area contributed by atoms with Crippen molar-refractivity contribution in [3.8, 4) is 0 Å². The average Bonchev–Trinajstić information content (AvgIpc) is 2.80. The summed E-state index contributed by atoms with van der Waals surface area (Å²) in [5.41, 5.74) is 0. The number of carbonyl (C=O) groups is 1. The van der Waals surface area contributed by atoms with Crippen molar-refractivity contribution >= 4 is 28.6 Å². The zero-order chi connectivity index (χ0) is 23.4. The molecule has 0 aromatic rings. The zero-order valence-electron chi connectivity index (χ0n) is 20.9. The van der Waals surface area contributed by atoms with E-state index in [-0.39, 0.29) is 5.97 Å². The number of hydrogen-bond donors (Lipinski definition) is 0. The molecule has 32 heavy (non-hydrogen) atoms. The fourth-order valence-electron chi connectivity index (χ4n) is 3.52. The molecule has 0 rings (SSSR count). The fourth-order valence-corrected chi connectivity index (χ4v) is 3.84. The second kappa shape index (κ2) is 29.1. The van der Waals surface area contributed by atoms with Crippen LogP contribution in [0.25, 0.3) is 0 Å². The second-order valence-electron chi connectivity index (χ2n) is 8.45. The third-order valence-electron chi connectivity index (χ3n) is 5.44. The monoisotopic (exact) mass is 570 g/mol. The number of hydrogen-bond acceptors (Lipinski definition) is 5. The molecule has 0 atom stereocenters. The first-order valence-electron chi connectivity index (χ1n) is 13.3. The molecule has 0 heterocycles. The van der Waals surface area contributed by atoms with E-state index in [1.54, 1.807) is 0 Å². The first kappa shape index (κ1) is 32.1. The Labute approximate surface area is 212 Å². The maximum atomic E-state index is 11.7. The molecule has 0 unspecified atom stereocenters. The summed E-state index contributed by atoms with van der Waals surface area (Å²) < 4.78 is 22.3. The van der Waals surface area contributed by atoms with Crippen molar-refractivity contribution in [3.05, 3.63) is 0 Å². The molecule has 0 saturated carbocycles. The van der Waals surface area contributed by atoms with E-state index < -0.39 is 0 Å². The molecule has 0 aliphatic rings. The van der Waals surface area contributed by atoms with E-state index in [4.69, 9.17) is 18.9 Å². The number of esters is 1. The molecular weight excluding hydrogens is 519 g/mol. The largest absolute Gasteiger partial charge is 0.463 e. The predicted molar refractivity (Wildman–Crippen MR) is 142 cm³/mol. The Hall–Kier alpha value is 0.0800. The molecule has 0 N–H and O–H groups in total. The highest BCUT2D eigenvalue weighted by Gasteiger charge is 2.02. The van der Waals surface area contributed by atoms with Gasteiger partial charge in [-0.1, -0.05) is 119 Å². The van der Waals surface area contributed by atoms with Gasteiger partial charge in [-0.15, -0.1) is 0 Å². The summed E-state index contributed by atoms with van der Waals surface area (Å²) >= 11 is 2.28. The lowest BCUT2D eigenvalue weighted by Crippen LogP contribution is -2.14. The molecule has 0 fully saturated rings. The van der Waals surface area contributed by atoms with Gasteiger partial charge < -0.3 is 18.9 Å². The summed E-state index contributed by atoms with van der Waals surface area (Å²) in [6.45, 7) is 6.08. The van der Waals surface area contributed by atoms with E-state index in [1.165, 1.54) is 83.5 Å². The van der Waals surface area contributed by atoms with Gasteiger partial charge in [0.15, 0.2) is 0 Å². The smallest absolute Gasteiger partial charge is 0.305 e. The van der Waals surface area contributed by atoms with E-state index in [2.05, 4.69) is 29.5 Å². The molecule has 0 aliphatic carbocycles. The first-order valence-corrected chi connectivity index (χ1v) is 14.8. The summed E-state index contributed by atoms with van der Waals surface area (Å²) in [7, 11) is 0. The number of carbonyl (C=O) groups excluding carboxylic acids is 1. The van der Waals surface area contributed by atoms with Crippen molar-refractivity contribution in [2.45, 2.75) is 110 Å². The maximum absolute atomic E-state index is 11.7. The lowest BCUT2D eigenvalue weighted by Gasteiger charge is -2.07. The topological polar surface area (TPSA) is 54.0 Å². The van der Waals surface area contributed by atoms with Crippen molar-refractivity contribution < 1.29 is 23.7 Å². The number of ether oxygens (including phenoxy) is 4. The van der Waals surface area contributed by atoms with Crippen molar-refractivity contribution in [2.24, 2.45) is 0 Å². The summed E-state index contributed by atoms with van der Waals surface area (Å²) in [5.74, 6) is -0.105. The predicted octanol–water partition coefficient (Wildman–Crippen LogP) is 7.28. The van der Waals surface area contributed by atoms with E-state index in [9.17, 15) is 4.79 Å². The van der Waals surface area contributed by atoms with Gasteiger partial charge in [0.05, 0.1) is 39.6 Å². The third-order valence-corrected chi connectivity index (χ3v) is 5.88. The standard InChI is InChI=1S/C26H51IO5/c1-2-3-4-5-6-7-8-9-10-11-12-13-14-15-16-17-26(28)32-25-24-31-23-22-30-21-20-29-19-18-27/h2-25H2,1H3. The SMILES string of the molecule is CCCCCCCCCCCCCCCCCC(=O)OCCOCCOCCOCCI. The Balaban J connectivity index is 3.13. The Morgan fingerprint density at radius 3 is 1.34 bits per heavy atom. The Morgan fingerprint density at radius 1 is 0.531 bits per heavy atom. The van der Waals surface area contributed by atoms with Gasteiger partial charge in [-0.25, -0.2) is 0 Å². The molecule has 0 radical (unpaired) electrons. The molecule has 0 saturated heterocycles. The molecule has 192 valence electrons. The zero-order valence-corrected chi connectivity index (χ0v) is 23.0. The van der Waals surface area contributed by atoms with Gasteiger partial charge in [-0.3, -0.25) is 4.79 Å². The van der Waals surface area contributed by atoms with Gasteiger partial charge >= 0.3 is 5.97 Å². The average molecular weight is 571 g/mol. The molecule has 6 heteroatoms. The van der Waals surface area contributed by atoms with Gasteiger partial charge in [0.1, 0.15) is 6.61 Å². The molecule has 0 aromatic heterocycles. The van der Waals surface area contributed by atoms with Crippen LogP contribution in [0.1, 0.15) is 110 Å². The van der Waals surface area contributed by atoms with Crippen LogP contribution in [-0.2, 0) is 23.7 Å². The van der Waals surface area contributed by atoms with Crippen molar-refractivity contribution in [3.63, 3.8) is 0 Å². The fraction of sp³-hybridized carbons (Fsp3) is 0.962. The van der Waals surface area contributed by atoms with Crippen LogP contribution in [0.4, 0.5) is 0 Å². The van der Waals surface area contributed by atoms with Gasteiger partial charge in [-0.2, -0.15) is 0 Å². The van der Waals surface area contributed by atoms with Crippen LogP contribution in [0.15, 0.2) is 0 Å². The highest BCUT2D eigenvalue weighted by molar-refractivity contribution is 14.1. The number of rotatable bonds is 27. The van der Waals surface area contributed by atoms with Gasteiger partial charge in [0.2, 0.25) is 0 Å². The molecule has 5 nitrogen and oxygen atoms in total. The molecule has 0 amide bonds. The minimum atomic E-state index is -0.105. The quantitative estimate of drug-likeness (QED) is 0.0450. The minimum absolute atomic E-state index is 0.105. The summed E-state index contributed by atoms with van der Waals surface area (Å²) in [4.78, 5) is 11.7. The highest BCUT2D eigenvalue weighted by Crippen LogP contribution is 2.13. The lowest BCUT2D eigenvalue weighted by molar-refractivity contribution is -0.145. The normalized spacial score (nSPS) is 11.2. The third kappa shape index (κ3) is 28.1. The first-order chi connectivity index (χ1) is 15.8. The van der Waals surface area contributed by atoms with Crippen molar-refractivity contribution in [1.29, 1.82) is 0 Å². The lowest BCUT2D eigenvalue weighted by atomic mass is 10.0. The highest BCUT2D eigenvalue weighted by atomic mass is 127.